The zero-order valence-corrected chi connectivity index (χ0v) is 9.99. The third-order valence-corrected chi connectivity index (χ3v) is 2.98. The fraction of sp³-hybridized carbons (Fsp3) is 0.111. The van der Waals surface area contributed by atoms with E-state index in [1.165, 1.54) is 17.4 Å². The quantitative estimate of drug-likeness (QED) is 0.470. The Morgan fingerprint density at radius 1 is 1.56 bits per heavy atom. The van der Waals surface area contributed by atoms with E-state index >= 15 is 0 Å². The normalized spacial score (nSPS) is 13.2. The van der Waals surface area contributed by atoms with Crippen LogP contribution >= 0.6 is 11.3 Å². The van der Waals surface area contributed by atoms with Crippen LogP contribution in [0.5, 0.6) is 0 Å². The van der Waals surface area contributed by atoms with Gasteiger partial charge in [-0.3, -0.25) is 10.1 Å². The number of hydrogen-bond acceptors (Lipinski definition) is 5. The van der Waals surface area contributed by atoms with E-state index in [2.05, 4.69) is 0 Å². The van der Waals surface area contributed by atoms with Crippen molar-refractivity contribution in [3.8, 4) is 0 Å². The van der Waals surface area contributed by atoms with Crippen molar-refractivity contribution in [2.24, 2.45) is 0 Å². The lowest BCUT2D eigenvalue weighted by molar-refractivity contribution is -0.417. The van der Waals surface area contributed by atoms with Gasteiger partial charge in [-0.15, -0.1) is 11.3 Å². The predicted molar refractivity (Wildman–Crippen MR) is 63.3 cm³/mol. The van der Waals surface area contributed by atoms with Gasteiger partial charge in [-0.2, -0.15) is 0 Å². The molecule has 0 saturated heterocycles. The molecule has 0 spiro atoms. The van der Waals surface area contributed by atoms with Crippen LogP contribution in [0.15, 0.2) is 34.7 Å². The molecule has 1 heterocycles. The molecular formula is C9H9NO4S2. The average Bonchev–Trinajstić information content (AvgIpc) is 2.62. The van der Waals surface area contributed by atoms with Gasteiger partial charge in [-0.05, 0) is 11.4 Å². The summed E-state index contributed by atoms with van der Waals surface area (Å²) in [5.74, 6) is 0. The van der Waals surface area contributed by atoms with E-state index < -0.39 is 14.8 Å². The Kier molecular flexibility index (Phi) is 3.97. The molecule has 0 fully saturated rings. The Balaban J connectivity index is 3.02. The fourth-order valence-electron chi connectivity index (χ4n) is 0.874. The lowest BCUT2D eigenvalue weighted by Crippen LogP contribution is -1.96. The van der Waals surface area contributed by atoms with Crippen LogP contribution in [-0.4, -0.2) is 19.6 Å². The summed E-state index contributed by atoms with van der Waals surface area (Å²) in [4.78, 5) is 10.7. The predicted octanol–water partition coefficient (Wildman–Crippen LogP) is 1.92. The van der Waals surface area contributed by atoms with Gasteiger partial charge in [0.05, 0.1) is 4.92 Å². The zero-order chi connectivity index (χ0) is 12.2. The van der Waals surface area contributed by atoms with Crippen LogP contribution in [0.1, 0.15) is 4.88 Å². The maximum absolute atomic E-state index is 10.8. The standard InChI is InChI=1S/C9H9NO4S2/c1-16(13,14)6-4-8(10(11)12)7-9-3-2-5-15-9/h2-7H,1H3/b6-4+,8-7+. The summed E-state index contributed by atoms with van der Waals surface area (Å²) in [6.45, 7) is 0. The second-order valence-corrected chi connectivity index (χ2v) is 5.88. The van der Waals surface area contributed by atoms with Crippen LogP contribution in [0.2, 0.25) is 0 Å². The highest BCUT2D eigenvalue weighted by Gasteiger charge is 2.08. The van der Waals surface area contributed by atoms with Gasteiger partial charge in [-0.25, -0.2) is 8.42 Å². The number of sulfone groups is 1. The Bertz CT molecular complexity index is 526. The van der Waals surface area contributed by atoms with E-state index in [1.54, 1.807) is 17.5 Å². The second kappa shape index (κ2) is 5.04. The average molecular weight is 259 g/mol. The van der Waals surface area contributed by atoms with Crippen LogP contribution < -0.4 is 0 Å². The Labute approximate surface area is 96.8 Å². The van der Waals surface area contributed by atoms with Crippen molar-refractivity contribution in [2.45, 2.75) is 0 Å². The molecule has 7 heteroatoms. The first kappa shape index (κ1) is 12.6. The van der Waals surface area contributed by atoms with Gasteiger partial charge in [0, 0.05) is 28.7 Å². The number of hydrogen-bond donors (Lipinski definition) is 0. The molecule has 0 radical (unpaired) electrons. The fourth-order valence-corrected chi connectivity index (χ4v) is 1.92. The first-order valence-corrected chi connectivity index (χ1v) is 6.99. The number of rotatable bonds is 4. The molecular weight excluding hydrogens is 250 g/mol. The molecule has 0 unspecified atom stereocenters. The summed E-state index contributed by atoms with van der Waals surface area (Å²) in [7, 11) is -3.35. The van der Waals surface area contributed by atoms with Gasteiger partial charge in [0.1, 0.15) is 0 Å². The summed E-state index contributed by atoms with van der Waals surface area (Å²) in [5, 5.41) is 13.2. The minimum atomic E-state index is -3.35. The molecule has 5 nitrogen and oxygen atoms in total. The van der Waals surface area contributed by atoms with Crippen LogP contribution in [0.4, 0.5) is 0 Å². The summed E-state index contributed by atoms with van der Waals surface area (Å²) >= 11 is 1.34. The lowest BCUT2D eigenvalue weighted by Gasteiger charge is -1.90. The molecule has 1 aromatic rings. The van der Waals surface area contributed by atoms with Crippen LogP contribution in [0.3, 0.4) is 0 Å². The van der Waals surface area contributed by atoms with Gasteiger partial charge < -0.3 is 0 Å². The summed E-state index contributed by atoms with van der Waals surface area (Å²) < 4.78 is 21.7. The molecule has 0 aliphatic heterocycles. The number of nitrogens with zero attached hydrogens (tertiary/aromatic N) is 1. The second-order valence-electron chi connectivity index (χ2n) is 2.97. The molecule has 1 rings (SSSR count). The van der Waals surface area contributed by atoms with Gasteiger partial charge in [0.2, 0.25) is 0 Å². The molecule has 86 valence electrons. The highest BCUT2D eigenvalue weighted by molar-refractivity contribution is 7.93. The molecule has 16 heavy (non-hydrogen) atoms. The van der Waals surface area contributed by atoms with E-state index in [-0.39, 0.29) is 5.70 Å². The molecule has 1 aromatic heterocycles. The molecule has 0 amide bonds. The van der Waals surface area contributed by atoms with Crippen molar-refractivity contribution in [3.05, 3.63) is 49.7 Å². The SMILES string of the molecule is CS(=O)(=O)/C=C/C(=C\c1cccs1)[N+](=O)[O-]. The van der Waals surface area contributed by atoms with Crippen molar-refractivity contribution in [1.82, 2.24) is 0 Å². The smallest absolute Gasteiger partial charge is 0.258 e. The number of nitro groups is 1. The van der Waals surface area contributed by atoms with Gasteiger partial charge in [-0.1, -0.05) is 6.07 Å². The minimum absolute atomic E-state index is 0.257. The van der Waals surface area contributed by atoms with E-state index in [0.29, 0.717) is 4.88 Å². The number of allylic oxidation sites excluding steroid dienone is 1. The zero-order valence-electron chi connectivity index (χ0n) is 8.36. The number of thiophene rings is 1. The highest BCUT2D eigenvalue weighted by atomic mass is 32.2. The van der Waals surface area contributed by atoms with Crippen molar-refractivity contribution < 1.29 is 13.3 Å². The Morgan fingerprint density at radius 3 is 2.69 bits per heavy atom. The van der Waals surface area contributed by atoms with Crippen LogP contribution in [0.25, 0.3) is 6.08 Å². The van der Waals surface area contributed by atoms with Gasteiger partial charge >= 0.3 is 0 Å². The van der Waals surface area contributed by atoms with Crippen LogP contribution in [-0.2, 0) is 9.84 Å². The van der Waals surface area contributed by atoms with Crippen molar-refractivity contribution in [3.63, 3.8) is 0 Å². The van der Waals surface area contributed by atoms with E-state index in [0.717, 1.165) is 17.7 Å². The molecule has 0 saturated carbocycles. The lowest BCUT2D eigenvalue weighted by atomic mass is 10.3. The van der Waals surface area contributed by atoms with E-state index in [9.17, 15) is 18.5 Å². The first-order chi connectivity index (χ1) is 7.38. The van der Waals surface area contributed by atoms with Gasteiger partial charge in [0.25, 0.3) is 5.70 Å². The highest BCUT2D eigenvalue weighted by Crippen LogP contribution is 2.14. The summed E-state index contributed by atoms with van der Waals surface area (Å²) in [6.07, 6.45) is 3.29. The topological polar surface area (TPSA) is 77.3 Å². The van der Waals surface area contributed by atoms with Crippen LogP contribution in [0, 0.1) is 10.1 Å². The third-order valence-electron chi connectivity index (χ3n) is 1.53. The minimum Gasteiger partial charge on any atom is -0.258 e. The maximum atomic E-state index is 10.8. The van der Waals surface area contributed by atoms with Crippen molar-refractivity contribution in [1.29, 1.82) is 0 Å². The third kappa shape index (κ3) is 4.37. The largest absolute Gasteiger partial charge is 0.271 e. The molecule has 0 N–H and O–H groups in total. The molecule has 0 bridgehead atoms. The Morgan fingerprint density at radius 2 is 2.25 bits per heavy atom. The van der Waals surface area contributed by atoms with E-state index in [1.807, 2.05) is 0 Å². The monoisotopic (exact) mass is 259 g/mol. The van der Waals surface area contributed by atoms with Crippen molar-refractivity contribution >= 4 is 27.3 Å². The van der Waals surface area contributed by atoms with E-state index in [4.69, 9.17) is 0 Å². The molecule has 0 aliphatic carbocycles. The van der Waals surface area contributed by atoms with Gasteiger partial charge in [0.15, 0.2) is 9.84 Å². The molecule has 0 aromatic carbocycles. The Hall–Kier alpha value is -1.47. The molecule has 0 aliphatic rings. The molecule has 0 atom stereocenters. The maximum Gasteiger partial charge on any atom is 0.271 e. The summed E-state index contributed by atoms with van der Waals surface area (Å²) in [5.41, 5.74) is -0.257. The summed E-state index contributed by atoms with van der Waals surface area (Å²) in [6, 6.07) is 3.47. The first-order valence-electron chi connectivity index (χ1n) is 4.16. The van der Waals surface area contributed by atoms with Crippen molar-refractivity contribution in [2.75, 3.05) is 6.26 Å².